The van der Waals surface area contributed by atoms with Crippen LogP contribution in [0.1, 0.15) is 38.7 Å². The van der Waals surface area contributed by atoms with Gasteiger partial charge in [0, 0.05) is 30.3 Å². The van der Waals surface area contributed by atoms with Gasteiger partial charge in [-0.3, -0.25) is 0 Å². The molecule has 0 aromatic heterocycles. The third kappa shape index (κ3) is 10.9. The van der Waals surface area contributed by atoms with E-state index in [0.717, 1.165) is 19.3 Å². The van der Waals surface area contributed by atoms with Crippen molar-refractivity contribution in [2.45, 2.75) is 46.3 Å². The Hall–Kier alpha value is -0.870. The Morgan fingerprint density at radius 1 is 1.26 bits per heavy atom. The van der Waals surface area contributed by atoms with Gasteiger partial charge in [-0.25, -0.2) is 4.99 Å². The molecule has 3 N–H and O–H groups in total. The predicted octanol–water partition coefficient (Wildman–Crippen LogP) is 4.41. The van der Waals surface area contributed by atoms with Crippen LogP contribution in [0.25, 0.3) is 0 Å². The Kier molecular flexibility index (Phi) is 14.6. The first-order chi connectivity index (χ1) is 12.5. The second kappa shape index (κ2) is 15.1. The Bertz CT molecular complexity index is 559. The molecule has 1 rings (SSSR count). The number of rotatable bonds is 11. The van der Waals surface area contributed by atoms with Gasteiger partial charge in [0.1, 0.15) is 5.75 Å². The summed E-state index contributed by atoms with van der Waals surface area (Å²) in [5.74, 6) is 0.986. The molecule has 0 amide bonds. The van der Waals surface area contributed by atoms with Crippen molar-refractivity contribution in [2.24, 2.45) is 10.9 Å². The minimum atomic E-state index is -2.90. The number of halogens is 4. The number of hydrogen-bond acceptors (Lipinski definition) is 3. The molecule has 0 saturated carbocycles. The van der Waals surface area contributed by atoms with Gasteiger partial charge >= 0.3 is 6.61 Å². The molecule has 1 aromatic carbocycles. The van der Waals surface area contributed by atoms with E-state index >= 15 is 0 Å². The lowest BCUT2D eigenvalue weighted by molar-refractivity contribution is -0.0504. The molecule has 0 bridgehead atoms. The van der Waals surface area contributed by atoms with Gasteiger partial charge in [-0.2, -0.15) is 8.78 Å². The van der Waals surface area contributed by atoms with Crippen molar-refractivity contribution < 1.29 is 18.6 Å². The number of aliphatic hydroxyl groups excluding tert-OH is 1. The highest BCUT2D eigenvalue weighted by molar-refractivity contribution is 14.0. The van der Waals surface area contributed by atoms with Gasteiger partial charge in [0.05, 0.1) is 6.54 Å². The van der Waals surface area contributed by atoms with Gasteiger partial charge in [0.2, 0.25) is 0 Å². The number of alkyl halides is 2. The van der Waals surface area contributed by atoms with Crippen molar-refractivity contribution >= 4 is 41.5 Å². The molecule has 0 radical (unpaired) electrons. The van der Waals surface area contributed by atoms with Crippen LogP contribution in [-0.4, -0.2) is 37.4 Å². The molecule has 0 aliphatic carbocycles. The first-order valence-corrected chi connectivity index (χ1v) is 9.24. The summed E-state index contributed by atoms with van der Waals surface area (Å²) < 4.78 is 29.6. The second-order valence-corrected chi connectivity index (χ2v) is 6.31. The lowest BCUT2D eigenvalue weighted by atomic mass is 10.0. The van der Waals surface area contributed by atoms with Crippen LogP contribution < -0.4 is 15.4 Å². The van der Waals surface area contributed by atoms with Crippen LogP contribution >= 0.6 is 35.6 Å². The van der Waals surface area contributed by atoms with Gasteiger partial charge in [-0.1, -0.05) is 24.9 Å². The van der Waals surface area contributed by atoms with Crippen LogP contribution in [0.4, 0.5) is 8.78 Å². The minimum absolute atomic E-state index is 0. The molecule has 156 valence electrons. The molecule has 1 aromatic rings. The molecule has 0 aliphatic heterocycles. The quantitative estimate of drug-likeness (QED) is 0.230. The fourth-order valence-corrected chi connectivity index (χ4v) is 2.76. The molecular weight excluding hydrogens is 491 g/mol. The number of benzene rings is 1. The van der Waals surface area contributed by atoms with Crippen LogP contribution in [0.3, 0.4) is 0 Å². The number of hydrogen-bond donors (Lipinski definition) is 3. The third-order valence-corrected chi connectivity index (χ3v) is 4.02. The predicted molar refractivity (Wildman–Crippen MR) is 116 cm³/mol. The zero-order chi connectivity index (χ0) is 19.4. The molecule has 1 atom stereocenters. The molecule has 0 fully saturated rings. The summed E-state index contributed by atoms with van der Waals surface area (Å²) in [6.45, 7) is 2.79. The van der Waals surface area contributed by atoms with Crippen molar-refractivity contribution in [3.63, 3.8) is 0 Å². The Morgan fingerprint density at radius 3 is 2.59 bits per heavy atom. The summed E-state index contributed by atoms with van der Waals surface area (Å²) in [7, 11) is 0. The second-order valence-electron chi connectivity index (χ2n) is 5.87. The fraction of sp³-hybridized carbons (Fsp3) is 0.611. The monoisotopic (exact) mass is 519 g/mol. The Balaban J connectivity index is 0.00000676. The molecule has 0 spiro atoms. The van der Waals surface area contributed by atoms with Crippen LogP contribution in [0.5, 0.6) is 5.75 Å². The highest BCUT2D eigenvalue weighted by atomic mass is 127. The zero-order valence-corrected chi connectivity index (χ0v) is 18.8. The topological polar surface area (TPSA) is 65.9 Å². The average Bonchev–Trinajstić information content (AvgIpc) is 2.59. The van der Waals surface area contributed by atoms with Crippen molar-refractivity contribution in [3.8, 4) is 5.75 Å². The molecule has 27 heavy (non-hydrogen) atoms. The van der Waals surface area contributed by atoms with E-state index in [-0.39, 0.29) is 42.9 Å². The number of guanidine groups is 1. The zero-order valence-electron chi connectivity index (χ0n) is 15.7. The summed E-state index contributed by atoms with van der Waals surface area (Å²) in [5.41, 5.74) is 0.482. The number of aliphatic hydroxyl groups is 1. The van der Waals surface area contributed by atoms with Gasteiger partial charge in [-0.15, -0.1) is 24.0 Å². The summed E-state index contributed by atoms with van der Waals surface area (Å²) in [6.07, 6.45) is 2.77. The lowest BCUT2D eigenvalue weighted by Crippen LogP contribution is -2.40. The average molecular weight is 520 g/mol. The van der Waals surface area contributed by atoms with Crippen molar-refractivity contribution in [1.82, 2.24) is 10.6 Å². The SMILES string of the molecule is CCCC(CCO)CNC(=NCc1cc(Cl)ccc1OC(F)F)NCC.I. The van der Waals surface area contributed by atoms with E-state index in [9.17, 15) is 8.78 Å². The van der Waals surface area contributed by atoms with E-state index in [2.05, 4.69) is 27.3 Å². The van der Waals surface area contributed by atoms with Crippen molar-refractivity contribution in [3.05, 3.63) is 28.8 Å². The lowest BCUT2D eigenvalue weighted by Gasteiger charge is -2.18. The van der Waals surface area contributed by atoms with Crippen molar-refractivity contribution in [1.29, 1.82) is 0 Å². The van der Waals surface area contributed by atoms with E-state index in [1.54, 1.807) is 6.07 Å². The smallest absolute Gasteiger partial charge is 0.387 e. The third-order valence-electron chi connectivity index (χ3n) is 3.78. The number of aliphatic imine (C=N–C) groups is 1. The molecule has 0 heterocycles. The first-order valence-electron chi connectivity index (χ1n) is 8.86. The Labute approximate surface area is 181 Å². The van der Waals surface area contributed by atoms with E-state index in [4.69, 9.17) is 16.7 Å². The van der Waals surface area contributed by atoms with Crippen LogP contribution in [0.2, 0.25) is 5.02 Å². The van der Waals surface area contributed by atoms with Crippen molar-refractivity contribution in [2.75, 3.05) is 19.7 Å². The van der Waals surface area contributed by atoms with E-state index in [1.165, 1.54) is 12.1 Å². The van der Waals surface area contributed by atoms with Crippen LogP contribution in [0, 0.1) is 5.92 Å². The first kappa shape index (κ1) is 26.1. The molecule has 1 unspecified atom stereocenters. The summed E-state index contributed by atoms with van der Waals surface area (Å²) >= 11 is 5.96. The van der Waals surface area contributed by atoms with E-state index in [0.29, 0.717) is 35.6 Å². The maximum atomic E-state index is 12.5. The van der Waals surface area contributed by atoms with Gasteiger partial charge in [-0.05, 0) is 43.9 Å². The normalized spacial score (nSPS) is 12.5. The van der Waals surface area contributed by atoms with Gasteiger partial charge < -0.3 is 20.5 Å². The summed E-state index contributed by atoms with van der Waals surface area (Å²) in [6, 6.07) is 4.48. The fourth-order valence-electron chi connectivity index (χ4n) is 2.57. The van der Waals surface area contributed by atoms with Crippen LogP contribution in [-0.2, 0) is 6.54 Å². The molecular formula is C18H29ClF2IN3O2. The minimum Gasteiger partial charge on any atom is -0.434 e. The standard InChI is InChI=1S/C18H28ClF2N3O2.HI/c1-3-5-13(8-9-25)11-23-18(22-4-2)24-12-14-10-15(19)6-7-16(14)26-17(20)21;/h6-7,10,13,17,25H,3-5,8-9,11-12H2,1-2H3,(H2,22,23,24);1H. The number of nitrogens with one attached hydrogen (secondary N) is 2. The summed E-state index contributed by atoms with van der Waals surface area (Å²) in [5, 5.41) is 15.9. The number of nitrogens with zero attached hydrogens (tertiary/aromatic N) is 1. The molecule has 5 nitrogen and oxygen atoms in total. The molecule has 0 saturated heterocycles. The Morgan fingerprint density at radius 2 is 2.00 bits per heavy atom. The summed E-state index contributed by atoms with van der Waals surface area (Å²) in [4.78, 5) is 4.43. The molecule has 0 aliphatic rings. The number of ether oxygens (including phenoxy) is 1. The highest BCUT2D eigenvalue weighted by Crippen LogP contribution is 2.25. The van der Waals surface area contributed by atoms with E-state index in [1.807, 2.05) is 6.92 Å². The van der Waals surface area contributed by atoms with Gasteiger partial charge in [0.25, 0.3) is 0 Å². The largest absolute Gasteiger partial charge is 0.434 e. The maximum Gasteiger partial charge on any atom is 0.387 e. The van der Waals surface area contributed by atoms with E-state index < -0.39 is 6.61 Å². The van der Waals surface area contributed by atoms with Crippen LogP contribution in [0.15, 0.2) is 23.2 Å². The maximum absolute atomic E-state index is 12.5. The highest BCUT2D eigenvalue weighted by Gasteiger charge is 2.11. The van der Waals surface area contributed by atoms with Gasteiger partial charge in [0.15, 0.2) is 5.96 Å². The molecule has 9 heteroatoms.